The molecule has 1 saturated carbocycles. The summed E-state index contributed by atoms with van der Waals surface area (Å²) in [4.78, 5) is 22.6. The summed E-state index contributed by atoms with van der Waals surface area (Å²) in [7, 11) is 1.15. The summed E-state index contributed by atoms with van der Waals surface area (Å²) in [6.45, 7) is 3.18. The van der Waals surface area contributed by atoms with E-state index < -0.39 is 37.8 Å². The van der Waals surface area contributed by atoms with Crippen LogP contribution in [0.3, 0.4) is 0 Å². The maximum absolute atomic E-state index is 14.0. The van der Waals surface area contributed by atoms with Gasteiger partial charge in [0.1, 0.15) is 17.5 Å². The lowest BCUT2D eigenvalue weighted by atomic mass is 9.85. The first-order valence-electron chi connectivity index (χ1n) is 15.5. The second-order valence-corrected chi connectivity index (χ2v) is 13.3. The largest absolute Gasteiger partial charge is 0.513 e. The third-order valence-corrected chi connectivity index (χ3v) is 9.31. The number of amides is 1. The van der Waals surface area contributed by atoms with Crippen LogP contribution in [0.25, 0.3) is 0 Å². The predicted octanol–water partition coefficient (Wildman–Crippen LogP) is 8.23. The number of nitrogens with one attached hydrogen (secondary N) is 2. The van der Waals surface area contributed by atoms with E-state index in [4.69, 9.17) is 4.52 Å². The van der Waals surface area contributed by atoms with E-state index in [9.17, 15) is 27.6 Å². The third kappa shape index (κ3) is 9.95. The smallest absolute Gasteiger partial charge is 0.391 e. The molecule has 3 N–H and O–H groups in total. The fourth-order valence-corrected chi connectivity index (χ4v) is 6.41. The fourth-order valence-electron chi connectivity index (χ4n) is 5.28. The van der Waals surface area contributed by atoms with Crippen molar-refractivity contribution in [3.8, 4) is 0 Å². The lowest BCUT2D eigenvalue weighted by Gasteiger charge is -2.22. The van der Waals surface area contributed by atoms with Crippen LogP contribution in [-0.2, 0) is 27.8 Å². The molecule has 0 spiro atoms. The monoisotopic (exact) mass is 660 g/mol. The SMILES string of the molecule is CC(O)C(C)O[P+](=O)Cc1ccc(Nc2ncc(C(F)(F)F)c(Nc3ccc(CCC4CCCCC4)cc3C(=O)N(C)C)n2)cc1. The summed E-state index contributed by atoms with van der Waals surface area (Å²) < 4.78 is 59.7. The van der Waals surface area contributed by atoms with Crippen LogP contribution >= 0.6 is 8.03 Å². The van der Waals surface area contributed by atoms with Crippen molar-refractivity contribution in [3.63, 3.8) is 0 Å². The first kappa shape index (κ1) is 35.3. The Labute approximate surface area is 268 Å². The Morgan fingerprint density at radius 3 is 2.37 bits per heavy atom. The number of carbonyl (C=O) groups is 1. The van der Waals surface area contributed by atoms with Crippen LogP contribution < -0.4 is 10.6 Å². The highest BCUT2D eigenvalue weighted by Gasteiger charge is 2.36. The molecule has 4 rings (SSSR count). The van der Waals surface area contributed by atoms with E-state index in [1.807, 2.05) is 6.07 Å². The van der Waals surface area contributed by atoms with Gasteiger partial charge in [0.15, 0.2) is 0 Å². The number of anilines is 4. The van der Waals surface area contributed by atoms with Gasteiger partial charge in [-0.25, -0.2) is 4.98 Å². The van der Waals surface area contributed by atoms with Crippen LogP contribution in [0.2, 0.25) is 0 Å². The van der Waals surface area contributed by atoms with Gasteiger partial charge in [0, 0.05) is 31.5 Å². The number of hydrogen-bond acceptors (Lipinski definition) is 8. The average Bonchev–Trinajstić information content (AvgIpc) is 3.01. The van der Waals surface area contributed by atoms with E-state index in [1.165, 1.54) is 37.0 Å². The van der Waals surface area contributed by atoms with Crippen LogP contribution in [0.4, 0.5) is 36.3 Å². The van der Waals surface area contributed by atoms with E-state index in [0.717, 1.165) is 18.4 Å². The number of rotatable bonds is 13. The molecule has 3 unspecified atom stereocenters. The molecule has 9 nitrogen and oxygen atoms in total. The van der Waals surface area contributed by atoms with Crippen LogP contribution in [-0.4, -0.2) is 52.2 Å². The van der Waals surface area contributed by atoms with E-state index in [-0.39, 0.29) is 29.3 Å². The molecule has 13 heteroatoms. The molecule has 1 amide bonds. The van der Waals surface area contributed by atoms with Crippen molar-refractivity contribution in [2.75, 3.05) is 24.7 Å². The standard InChI is InChI=1S/C33H41F3N5O4P/c1-21(42)22(2)45-46(44)20-25-12-15-26(16-13-25)38-32-37-19-28(33(34,35)36)30(40-32)39-29-17-14-24(18-27(29)31(43)41(3)4)11-10-23-8-6-5-7-9-23/h12-19,21-23,42H,5-11,20H2,1-4H3,(H-,37,38,39,40,43)/p+1. The van der Waals surface area contributed by atoms with Crippen molar-refractivity contribution in [1.82, 2.24) is 14.9 Å². The number of aromatic nitrogens is 2. The fraction of sp³-hybridized carbons (Fsp3) is 0.485. The molecule has 1 aliphatic carbocycles. The Morgan fingerprint density at radius 2 is 1.74 bits per heavy atom. The number of aliphatic hydroxyl groups is 1. The molecule has 1 heterocycles. The Balaban J connectivity index is 1.54. The molecule has 0 saturated heterocycles. The topological polar surface area (TPSA) is 117 Å². The minimum atomic E-state index is -4.75. The summed E-state index contributed by atoms with van der Waals surface area (Å²) in [5.41, 5.74) is 1.55. The van der Waals surface area contributed by atoms with Crippen LogP contribution in [0.5, 0.6) is 0 Å². The molecule has 0 radical (unpaired) electrons. The molecular formula is C33H42F3N5O4P+. The Morgan fingerprint density at radius 1 is 1.07 bits per heavy atom. The first-order valence-corrected chi connectivity index (χ1v) is 16.9. The second-order valence-electron chi connectivity index (χ2n) is 12.1. The predicted molar refractivity (Wildman–Crippen MR) is 173 cm³/mol. The van der Waals surface area contributed by atoms with Gasteiger partial charge >= 0.3 is 14.2 Å². The highest BCUT2D eigenvalue weighted by Crippen LogP contribution is 2.37. The van der Waals surface area contributed by atoms with Gasteiger partial charge in [-0.15, -0.1) is 4.52 Å². The van der Waals surface area contributed by atoms with Gasteiger partial charge in [0.05, 0.1) is 17.4 Å². The van der Waals surface area contributed by atoms with Gasteiger partial charge in [-0.1, -0.05) is 50.3 Å². The summed E-state index contributed by atoms with van der Waals surface area (Å²) in [5, 5.41) is 15.2. The van der Waals surface area contributed by atoms with Gasteiger partial charge < -0.3 is 20.6 Å². The highest BCUT2D eigenvalue weighted by molar-refractivity contribution is 7.38. The van der Waals surface area contributed by atoms with Gasteiger partial charge in [0.25, 0.3) is 5.91 Å². The van der Waals surface area contributed by atoms with Crippen molar-refractivity contribution in [1.29, 1.82) is 0 Å². The number of alkyl halides is 3. The summed E-state index contributed by atoms with van der Waals surface area (Å²) in [5.74, 6) is -0.269. The van der Waals surface area contributed by atoms with E-state index in [1.54, 1.807) is 64.3 Å². The average molecular weight is 661 g/mol. The van der Waals surface area contributed by atoms with Crippen molar-refractivity contribution < 1.29 is 32.2 Å². The molecule has 1 aliphatic rings. The lowest BCUT2D eigenvalue weighted by molar-refractivity contribution is -0.137. The summed E-state index contributed by atoms with van der Waals surface area (Å²) in [6, 6.07) is 11.9. The molecule has 0 bridgehead atoms. The number of hydrogen-bond donors (Lipinski definition) is 3. The zero-order chi connectivity index (χ0) is 33.4. The molecule has 46 heavy (non-hydrogen) atoms. The molecule has 248 valence electrons. The van der Waals surface area contributed by atoms with Gasteiger partial charge in [-0.2, -0.15) is 18.2 Å². The summed E-state index contributed by atoms with van der Waals surface area (Å²) in [6.07, 6.45) is 2.70. The van der Waals surface area contributed by atoms with Crippen molar-refractivity contribution in [3.05, 3.63) is 70.9 Å². The Hall–Kier alpha value is -3.60. The molecule has 3 aromatic rings. The van der Waals surface area contributed by atoms with Crippen molar-refractivity contribution in [2.45, 2.75) is 83.3 Å². The Bertz CT molecular complexity index is 1500. The van der Waals surface area contributed by atoms with Crippen LogP contribution in [0.15, 0.2) is 48.7 Å². The molecule has 1 aromatic heterocycles. The zero-order valence-electron chi connectivity index (χ0n) is 26.6. The number of aliphatic hydroxyl groups excluding tert-OH is 1. The van der Waals surface area contributed by atoms with Crippen LogP contribution in [0.1, 0.15) is 79.4 Å². The number of halogens is 3. The van der Waals surface area contributed by atoms with E-state index in [2.05, 4.69) is 20.6 Å². The van der Waals surface area contributed by atoms with Crippen molar-refractivity contribution >= 4 is 37.1 Å². The number of nitrogens with zero attached hydrogens (tertiary/aromatic N) is 3. The maximum atomic E-state index is 14.0. The minimum Gasteiger partial charge on any atom is -0.391 e. The van der Waals surface area contributed by atoms with Gasteiger partial charge in [0.2, 0.25) is 12.1 Å². The normalized spacial score (nSPS) is 15.6. The number of benzene rings is 2. The quantitative estimate of drug-likeness (QED) is 0.157. The molecular weight excluding hydrogens is 618 g/mol. The van der Waals surface area contributed by atoms with E-state index >= 15 is 0 Å². The maximum Gasteiger partial charge on any atom is 0.513 e. The lowest BCUT2D eigenvalue weighted by Crippen LogP contribution is -2.23. The summed E-state index contributed by atoms with van der Waals surface area (Å²) >= 11 is 0. The number of aryl methyl sites for hydroxylation is 1. The molecule has 2 aromatic carbocycles. The first-order chi connectivity index (χ1) is 21.8. The van der Waals surface area contributed by atoms with Crippen LogP contribution in [0, 0.1) is 5.92 Å². The molecule has 0 aliphatic heterocycles. The third-order valence-electron chi connectivity index (χ3n) is 8.12. The zero-order valence-corrected chi connectivity index (χ0v) is 27.5. The van der Waals surface area contributed by atoms with Gasteiger partial charge in [-0.05, 0) is 67.0 Å². The Kier molecular flexibility index (Phi) is 12.1. The molecule has 3 atom stereocenters. The second kappa shape index (κ2) is 15.8. The highest BCUT2D eigenvalue weighted by atomic mass is 31.1. The molecule has 1 fully saturated rings. The minimum absolute atomic E-state index is 0.0898. The van der Waals surface area contributed by atoms with E-state index in [0.29, 0.717) is 23.4 Å². The van der Waals surface area contributed by atoms with Gasteiger partial charge in [-0.3, -0.25) is 4.79 Å². The van der Waals surface area contributed by atoms with Crippen molar-refractivity contribution in [2.24, 2.45) is 5.92 Å². The number of carbonyl (C=O) groups excluding carboxylic acids is 1.